The van der Waals surface area contributed by atoms with Crippen molar-refractivity contribution >= 4 is 46.8 Å². The van der Waals surface area contributed by atoms with Gasteiger partial charge in [0.25, 0.3) is 0 Å². The summed E-state index contributed by atoms with van der Waals surface area (Å²) in [6.45, 7) is 1.85. The van der Waals surface area contributed by atoms with Gasteiger partial charge in [-0.3, -0.25) is 4.79 Å². The topological polar surface area (TPSA) is 96.7 Å². The fraction of sp³-hybridized carbons (Fsp3) is 0.250. The molecule has 9 heteroatoms. The lowest BCUT2D eigenvalue weighted by Crippen LogP contribution is -2.28. The van der Waals surface area contributed by atoms with Gasteiger partial charge < -0.3 is 11.1 Å². The lowest BCUT2D eigenvalue weighted by Gasteiger charge is -2.15. The van der Waals surface area contributed by atoms with E-state index in [9.17, 15) is 4.79 Å². The van der Waals surface area contributed by atoms with Gasteiger partial charge in [-0.15, -0.1) is 5.10 Å². The van der Waals surface area contributed by atoms with Crippen molar-refractivity contribution < 1.29 is 4.79 Å². The summed E-state index contributed by atoms with van der Waals surface area (Å²) in [6.07, 6.45) is 0. The third kappa shape index (κ3) is 4.52. The van der Waals surface area contributed by atoms with E-state index in [1.54, 1.807) is 18.2 Å². The van der Waals surface area contributed by atoms with E-state index in [-0.39, 0.29) is 23.7 Å². The summed E-state index contributed by atoms with van der Waals surface area (Å²) in [5.41, 5.74) is 6.21. The van der Waals surface area contributed by atoms with Crippen molar-refractivity contribution in [1.82, 2.24) is 20.5 Å². The van der Waals surface area contributed by atoms with Crippen LogP contribution < -0.4 is 11.1 Å². The molecule has 0 aliphatic carbocycles. The minimum absolute atomic E-state index is 0.151. The summed E-state index contributed by atoms with van der Waals surface area (Å²) < 4.78 is 0. The number of rotatable bonds is 5. The lowest BCUT2D eigenvalue weighted by atomic mass is 10.1. The molecule has 112 valence electrons. The Bertz CT molecular complexity index is 648. The largest absolute Gasteiger partial charge is 0.368 e. The van der Waals surface area contributed by atoms with Crippen LogP contribution in [-0.2, 0) is 4.79 Å². The van der Waals surface area contributed by atoms with Gasteiger partial charge in [0.15, 0.2) is 0 Å². The number of amides is 1. The zero-order valence-corrected chi connectivity index (χ0v) is 13.4. The average Bonchev–Trinajstić information content (AvgIpc) is 2.82. The van der Waals surface area contributed by atoms with Crippen LogP contribution in [0.5, 0.6) is 0 Å². The molecule has 0 aliphatic heterocycles. The molecule has 0 aliphatic rings. The summed E-state index contributed by atoms with van der Waals surface area (Å²) >= 11 is 13.1. The summed E-state index contributed by atoms with van der Waals surface area (Å²) in [5, 5.41) is 10.7. The minimum Gasteiger partial charge on any atom is -0.368 e. The number of nitrogen functional groups attached to an aromatic ring is 1. The van der Waals surface area contributed by atoms with Crippen molar-refractivity contribution in [3.63, 3.8) is 0 Å². The second-order valence-electron chi connectivity index (χ2n) is 4.25. The molecular weight excluding hydrogens is 333 g/mol. The highest BCUT2D eigenvalue weighted by Gasteiger charge is 2.14. The van der Waals surface area contributed by atoms with E-state index in [2.05, 4.69) is 20.5 Å². The van der Waals surface area contributed by atoms with Crippen molar-refractivity contribution in [2.75, 3.05) is 11.5 Å². The maximum atomic E-state index is 11.9. The summed E-state index contributed by atoms with van der Waals surface area (Å²) in [5.74, 6) is 0.258. The number of aromatic amines is 1. The first-order valence-electron chi connectivity index (χ1n) is 6.00. The number of anilines is 1. The van der Waals surface area contributed by atoms with E-state index in [4.69, 9.17) is 28.9 Å². The molecule has 0 spiro atoms. The van der Waals surface area contributed by atoms with Crippen LogP contribution in [0.2, 0.25) is 10.0 Å². The number of carbonyl (C=O) groups excluding carboxylic acids is 1. The van der Waals surface area contributed by atoms with Gasteiger partial charge >= 0.3 is 0 Å². The van der Waals surface area contributed by atoms with Gasteiger partial charge in [-0.25, -0.2) is 5.10 Å². The summed E-state index contributed by atoms with van der Waals surface area (Å²) in [7, 11) is 0. The van der Waals surface area contributed by atoms with Crippen molar-refractivity contribution in [3.8, 4) is 0 Å². The molecule has 1 heterocycles. The fourth-order valence-corrected chi connectivity index (χ4v) is 2.86. The first-order valence-corrected chi connectivity index (χ1v) is 7.75. The predicted molar refractivity (Wildman–Crippen MR) is 84.5 cm³/mol. The third-order valence-corrected chi connectivity index (χ3v) is 4.03. The summed E-state index contributed by atoms with van der Waals surface area (Å²) in [4.78, 5) is 15.8. The highest BCUT2D eigenvalue weighted by atomic mass is 35.5. The van der Waals surface area contributed by atoms with E-state index in [0.29, 0.717) is 15.2 Å². The Hall–Kier alpha value is -1.44. The molecule has 0 bridgehead atoms. The van der Waals surface area contributed by atoms with Crippen LogP contribution in [0.4, 0.5) is 5.95 Å². The zero-order valence-electron chi connectivity index (χ0n) is 11.1. The van der Waals surface area contributed by atoms with Crippen molar-refractivity contribution in [2.24, 2.45) is 0 Å². The van der Waals surface area contributed by atoms with Crippen LogP contribution in [-0.4, -0.2) is 26.8 Å². The van der Waals surface area contributed by atoms with Crippen molar-refractivity contribution in [3.05, 3.63) is 33.8 Å². The van der Waals surface area contributed by atoms with Crippen LogP contribution >= 0.6 is 35.0 Å². The highest BCUT2D eigenvalue weighted by Crippen LogP contribution is 2.26. The monoisotopic (exact) mass is 345 g/mol. The number of carbonyl (C=O) groups is 1. The van der Waals surface area contributed by atoms with Gasteiger partial charge in [0, 0.05) is 10.0 Å². The number of hydrogen-bond donors (Lipinski definition) is 3. The molecule has 1 atom stereocenters. The second kappa shape index (κ2) is 7.02. The van der Waals surface area contributed by atoms with Crippen molar-refractivity contribution in [2.45, 2.75) is 18.1 Å². The number of benzene rings is 1. The number of nitrogens with two attached hydrogens (primary N) is 1. The van der Waals surface area contributed by atoms with Gasteiger partial charge in [0.2, 0.25) is 17.0 Å². The van der Waals surface area contributed by atoms with Gasteiger partial charge in [-0.2, -0.15) is 4.98 Å². The SMILES string of the molecule is C[C@@H](NC(=O)CSc1n[nH]c(N)n1)c1ccc(Cl)cc1Cl. The standard InChI is InChI=1S/C12H13Cl2N5OS/c1-6(8-3-2-7(13)4-9(8)14)16-10(20)5-21-12-17-11(15)18-19-12/h2-4,6H,5H2,1H3,(H,16,20)(H3,15,17,18,19)/t6-/m1/s1. The Morgan fingerprint density at radius 3 is 2.90 bits per heavy atom. The van der Waals surface area contributed by atoms with Gasteiger partial charge in [0.1, 0.15) is 0 Å². The highest BCUT2D eigenvalue weighted by molar-refractivity contribution is 7.99. The first kappa shape index (κ1) is 15.9. The van der Waals surface area contributed by atoms with Crippen LogP contribution in [0.1, 0.15) is 18.5 Å². The van der Waals surface area contributed by atoms with Gasteiger partial charge in [-0.1, -0.05) is 41.0 Å². The van der Waals surface area contributed by atoms with Gasteiger partial charge in [-0.05, 0) is 24.6 Å². The second-order valence-corrected chi connectivity index (χ2v) is 6.03. The minimum atomic E-state index is -0.222. The van der Waals surface area contributed by atoms with Gasteiger partial charge in [0.05, 0.1) is 11.8 Å². The molecule has 21 heavy (non-hydrogen) atoms. The molecule has 0 fully saturated rings. The molecule has 4 N–H and O–H groups in total. The van der Waals surface area contributed by atoms with Crippen LogP contribution in [0.15, 0.2) is 23.4 Å². The normalized spacial score (nSPS) is 12.1. The fourth-order valence-electron chi connectivity index (χ4n) is 1.67. The molecule has 6 nitrogen and oxygen atoms in total. The maximum absolute atomic E-state index is 11.9. The molecule has 1 aromatic carbocycles. The molecule has 0 saturated heterocycles. The Morgan fingerprint density at radius 1 is 1.52 bits per heavy atom. The van der Waals surface area contributed by atoms with E-state index in [1.807, 2.05) is 6.92 Å². The molecule has 0 unspecified atom stereocenters. The molecular formula is C12H13Cl2N5OS. The number of nitrogens with zero attached hydrogens (tertiary/aromatic N) is 2. The van der Waals surface area contributed by atoms with Crippen molar-refractivity contribution in [1.29, 1.82) is 0 Å². The van der Waals surface area contributed by atoms with E-state index in [0.717, 1.165) is 5.56 Å². The smallest absolute Gasteiger partial charge is 0.230 e. The van der Waals surface area contributed by atoms with E-state index < -0.39 is 0 Å². The maximum Gasteiger partial charge on any atom is 0.230 e. The predicted octanol–water partition coefficient (Wildman–Crippen LogP) is 2.66. The lowest BCUT2D eigenvalue weighted by molar-refractivity contribution is -0.119. The third-order valence-electron chi connectivity index (χ3n) is 2.62. The number of halogens is 2. The number of aromatic nitrogens is 3. The molecule has 1 aromatic heterocycles. The van der Waals surface area contributed by atoms with Crippen LogP contribution in [0.3, 0.4) is 0 Å². The van der Waals surface area contributed by atoms with Crippen LogP contribution in [0.25, 0.3) is 0 Å². The number of nitrogens with one attached hydrogen (secondary N) is 2. The molecule has 0 radical (unpaired) electrons. The number of hydrogen-bond acceptors (Lipinski definition) is 5. The Balaban J connectivity index is 1.89. The average molecular weight is 346 g/mol. The Labute approximate surface area is 135 Å². The van der Waals surface area contributed by atoms with E-state index >= 15 is 0 Å². The molecule has 2 rings (SSSR count). The van der Waals surface area contributed by atoms with Crippen LogP contribution in [0, 0.1) is 0 Å². The summed E-state index contributed by atoms with van der Waals surface area (Å²) in [6, 6.07) is 4.95. The molecule has 0 saturated carbocycles. The quantitative estimate of drug-likeness (QED) is 0.723. The number of thioether (sulfide) groups is 1. The first-order chi connectivity index (χ1) is 9.95. The Kier molecular flexibility index (Phi) is 5.33. The molecule has 2 aromatic rings. The Morgan fingerprint density at radius 2 is 2.29 bits per heavy atom. The number of H-pyrrole nitrogens is 1. The zero-order chi connectivity index (χ0) is 15.4. The molecule has 1 amide bonds. The van der Waals surface area contributed by atoms with E-state index in [1.165, 1.54) is 11.8 Å².